The molecular weight excluding hydrogens is 268 g/mol. The average Bonchev–Trinajstić information content (AvgIpc) is 3.15. The first-order valence-electron chi connectivity index (χ1n) is 7.97. The summed E-state index contributed by atoms with van der Waals surface area (Å²) >= 11 is 0. The largest absolute Gasteiger partial charge is 0.454 e. The van der Waals surface area contributed by atoms with Crippen LogP contribution in [-0.2, 0) is 4.74 Å². The maximum absolute atomic E-state index is 10.8. The molecule has 3 aliphatic rings. The van der Waals surface area contributed by atoms with Crippen LogP contribution in [-0.4, -0.2) is 24.1 Å². The highest BCUT2D eigenvalue weighted by Gasteiger charge is 2.42. The van der Waals surface area contributed by atoms with E-state index in [9.17, 15) is 5.11 Å². The van der Waals surface area contributed by atoms with Crippen molar-refractivity contribution in [1.82, 2.24) is 0 Å². The second-order valence-corrected chi connectivity index (χ2v) is 6.55. The number of aliphatic hydroxyl groups is 1. The zero-order chi connectivity index (χ0) is 14.3. The van der Waals surface area contributed by atoms with Gasteiger partial charge in [-0.15, -0.1) is 0 Å². The molecule has 114 valence electrons. The van der Waals surface area contributed by atoms with Gasteiger partial charge in [-0.2, -0.15) is 0 Å². The molecule has 0 aromatic heterocycles. The van der Waals surface area contributed by atoms with Crippen LogP contribution in [0.5, 0.6) is 11.5 Å². The summed E-state index contributed by atoms with van der Waals surface area (Å²) in [6, 6.07) is 5.77. The summed E-state index contributed by atoms with van der Waals surface area (Å²) in [5.74, 6) is 1.79. The highest BCUT2D eigenvalue weighted by atomic mass is 16.7. The van der Waals surface area contributed by atoms with Crippen LogP contribution >= 0.6 is 0 Å². The molecule has 2 unspecified atom stereocenters. The molecule has 0 bridgehead atoms. The fourth-order valence-electron chi connectivity index (χ4n) is 4.07. The van der Waals surface area contributed by atoms with Crippen LogP contribution in [0.4, 0.5) is 0 Å². The average molecular weight is 290 g/mol. The molecule has 1 aromatic carbocycles. The predicted octanol–water partition coefficient (Wildman–Crippen LogP) is 3.19. The number of fused-ring (bicyclic) bond motifs is 1. The van der Waals surface area contributed by atoms with Crippen LogP contribution in [0.3, 0.4) is 0 Å². The molecule has 4 rings (SSSR count). The molecule has 4 heteroatoms. The molecule has 1 saturated carbocycles. The zero-order valence-corrected chi connectivity index (χ0v) is 12.2. The number of ether oxygens (including phenoxy) is 3. The van der Waals surface area contributed by atoms with E-state index in [1.54, 1.807) is 0 Å². The Morgan fingerprint density at radius 2 is 1.95 bits per heavy atom. The minimum atomic E-state index is -0.444. The second kappa shape index (κ2) is 5.18. The van der Waals surface area contributed by atoms with E-state index in [0.717, 1.165) is 49.4 Å². The van der Waals surface area contributed by atoms with Gasteiger partial charge >= 0.3 is 0 Å². The third kappa shape index (κ3) is 2.40. The van der Waals surface area contributed by atoms with Crippen LogP contribution in [0, 0.1) is 5.92 Å². The summed E-state index contributed by atoms with van der Waals surface area (Å²) < 4.78 is 16.8. The molecule has 2 heterocycles. The van der Waals surface area contributed by atoms with Gasteiger partial charge in [-0.05, 0) is 49.3 Å². The van der Waals surface area contributed by atoms with E-state index >= 15 is 0 Å². The molecular formula is C17H22O4. The molecule has 1 aliphatic carbocycles. The monoisotopic (exact) mass is 290 g/mol. The summed E-state index contributed by atoms with van der Waals surface area (Å²) in [5.41, 5.74) is 0.972. The lowest BCUT2D eigenvalue weighted by Gasteiger charge is -2.40. The van der Waals surface area contributed by atoms with Crippen LogP contribution < -0.4 is 9.47 Å². The van der Waals surface area contributed by atoms with Crippen LogP contribution in [0.25, 0.3) is 0 Å². The van der Waals surface area contributed by atoms with E-state index in [2.05, 4.69) is 0 Å². The number of hydrogen-bond acceptors (Lipinski definition) is 4. The van der Waals surface area contributed by atoms with Gasteiger partial charge in [0.1, 0.15) is 0 Å². The van der Waals surface area contributed by atoms with Gasteiger partial charge < -0.3 is 19.3 Å². The van der Waals surface area contributed by atoms with Crippen molar-refractivity contribution in [2.45, 2.75) is 50.2 Å². The smallest absolute Gasteiger partial charge is 0.231 e. The van der Waals surface area contributed by atoms with Crippen molar-refractivity contribution in [3.63, 3.8) is 0 Å². The van der Waals surface area contributed by atoms with E-state index in [1.807, 2.05) is 18.2 Å². The summed E-state index contributed by atoms with van der Waals surface area (Å²) in [5, 5.41) is 10.8. The van der Waals surface area contributed by atoms with E-state index in [4.69, 9.17) is 14.2 Å². The number of rotatable bonds is 2. The molecule has 4 nitrogen and oxygen atoms in total. The molecule has 21 heavy (non-hydrogen) atoms. The maximum atomic E-state index is 10.8. The normalized spacial score (nSPS) is 28.0. The Bertz CT molecular complexity index is 522. The highest BCUT2D eigenvalue weighted by molar-refractivity contribution is 5.45. The van der Waals surface area contributed by atoms with Crippen molar-refractivity contribution >= 4 is 0 Å². The van der Waals surface area contributed by atoms with Crippen LogP contribution in [0.15, 0.2) is 18.2 Å². The van der Waals surface area contributed by atoms with Gasteiger partial charge in [0, 0.05) is 6.61 Å². The molecule has 1 saturated heterocycles. The Kier molecular flexibility index (Phi) is 3.31. The molecule has 2 aliphatic heterocycles. The number of benzene rings is 1. The molecule has 0 radical (unpaired) electrons. The van der Waals surface area contributed by atoms with Gasteiger partial charge in [0.05, 0.1) is 11.7 Å². The Morgan fingerprint density at radius 3 is 2.81 bits per heavy atom. The van der Waals surface area contributed by atoms with Crippen LogP contribution in [0.2, 0.25) is 0 Å². The van der Waals surface area contributed by atoms with E-state index in [0.29, 0.717) is 0 Å². The lowest BCUT2D eigenvalue weighted by Crippen LogP contribution is -2.39. The van der Waals surface area contributed by atoms with E-state index < -0.39 is 6.10 Å². The third-order valence-corrected chi connectivity index (χ3v) is 5.23. The maximum Gasteiger partial charge on any atom is 0.231 e. The van der Waals surface area contributed by atoms with Crippen molar-refractivity contribution in [3.8, 4) is 11.5 Å². The first-order valence-corrected chi connectivity index (χ1v) is 7.97. The Hall–Kier alpha value is -1.26. The number of hydrogen-bond donors (Lipinski definition) is 1. The zero-order valence-electron chi connectivity index (χ0n) is 12.2. The van der Waals surface area contributed by atoms with Gasteiger partial charge in [0.15, 0.2) is 11.5 Å². The van der Waals surface area contributed by atoms with E-state index in [-0.39, 0.29) is 18.3 Å². The third-order valence-electron chi connectivity index (χ3n) is 5.23. The van der Waals surface area contributed by atoms with E-state index in [1.165, 1.54) is 12.8 Å². The Balaban J connectivity index is 1.52. The van der Waals surface area contributed by atoms with Gasteiger partial charge in [0.2, 0.25) is 6.79 Å². The molecule has 1 spiro atoms. The summed E-state index contributed by atoms with van der Waals surface area (Å²) in [6.45, 7) is 1.04. The van der Waals surface area contributed by atoms with Gasteiger partial charge in [-0.3, -0.25) is 0 Å². The van der Waals surface area contributed by atoms with Crippen molar-refractivity contribution in [2.24, 2.45) is 5.92 Å². The predicted molar refractivity (Wildman–Crippen MR) is 77.4 cm³/mol. The standard InChI is InChI=1S/C17H22O4/c18-16(12-3-4-14-15(9-12)20-11-19-14)13-5-8-21-17(10-13)6-1-2-7-17/h3-4,9,13,16,18H,1-2,5-8,10-11H2. The van der Waals surface area contributed by atoms with Crippen molar-refractivity contribution in [1.29, 1.82) is 0 Å². The molecule has 1 N–H and O–H groups in total. The highest BCUT2D eigenvalue weighted by Crippen LogP contribution is 2.46. The van der Waals surface area contributed by atoms with Gasteiger partial charge in [0.25, 0.3) is 0 Å². The minimum Gasteiger partial charge on any atom is -0.454 e. The van der Waals surface area contributed by atoms with Crippen molar-refractivity contribution < 1.29 is 19.3 Å². The first-order chi connectivity index (χ1) is 10.3. The summed E-state index contributed by atoms with van der Waals surface area (Å²) in [4.78, 5) is 0. The van der Waals surface area contributed by atoms with Gasteiger partial charge in [-0.1, -0.05) is 18.9 Å². The lowest BCUT2D eigenvalue weighted by atomic mass is 9.80. The molecule has 2 atom stereocenters. The van der Waals surface area contributed by atoms with Gasteiger partial charge in [-0.25, -0.2) is 0 Å². The number of aliphatic hydroxyl groups excluding tert-OH is 1. The topological polar surface area (TPSA) is 47.9 Å². The SMILES string of the molecule is OC(c1ccc2c(c1)OCO2)C1CCOC2(CCCC2)C1. The first kappa shape index (κ1) is 13.4. The summed E-state index contributed by atoms with van der Waals surface area (Å²) in [6.07, 6.45) is 6.27. The molecule has 1 aromatic rings. The molecule has 2 fully saturated rings. The fraction of sp³-hybridized carbons (Fsp3) is 0.647. The quantitative estimate of drug-likeness (QED) is 0.908. The molecule has 0 amide bonds. The summed E-state index contributed by atoms with van der Waals surface area (Å²) in [7, 11) is 0. The second-order valence-electron chi connectivity index (χ2n) is 6.55. The Labute approximate surface area is 125 Å². The fourth-order valence-corrected chi connectivity index (χ4v) is 4.07. The van der Waals surface area contributed by atoms with Crippen molar-refractivity contribution in [2.75, 3.05) is 13.4 Å². The van der Waals surface area contributed by atoms with Crippen LogP contribution in [0.1, 0.15) is 50.2 Å². The minimum absolute atomic E-state index is 0.0419. The lowest BCUT2D eigenvalue weighted by molar-refractivity contribution is -0.113. The Morgan fingerprint density at radius 1 is 1.14 bits per heavy atom. The van der Waals surface area contributed by atoms with Crippen molar-refractivity contribution in [3.05, 3.63) is 23.8 Å².